The summed E-state index contributed by atoms with van der Waals surface area (Å²) in [6.45, 7) is 1.99. The van der Waals surface area contributed by atoms with Crippen LogP contribution in [0.5, 0.6) is 0 Å². The Hall–Kier alpha value is -4.66. The highest BCUT2D eigenvalue weighted by Crippen LogP contribution is 2.23. The minimum Gasteiger partial charge on any atom is -0.352 e. The molecule has 0 aliphatic carbocycles. The van der Waals surface area contributed by atoms with Crippen molar-refractivity contribution in [2.75, 3.05) is 0 Å². The van der Waals surface area contributed by atoms with E-state index in [4.69, 9.17) is 9.62 Å². The van der Waals surface area contributed by atoms with Gasteiger partial charge >= 0.3 is 0 Å². The van der Waals surface area contributed by atoms with Gasteiger partial charge in [-0.05, 0) is 42.8 Å². The molecule has 0 fully saturated rings. The third-order valence-corrected chi connectivity index (χ3v) is 5.70. The summed E-state index contributed by atoms with van der Waals surface area (Å²) >= 11 is 0. The molecule has 180 valence electrons. The SMILES string of the molecule is Cc1ccc(-c2noc(CCC(=O)NCc3cn(-c4ccccc4)nc3-c3ccncc3)n2)cc1F. The maximum Gasteiger partial charge on any atom is 0.227 e. The van der Waals surface area contributed by atoms with E-state index < -0.39 is 0 Å². The molecule has 0 bridgehead atoms. The predicted octanol–water partition coefficient (Wildman–Crippen LogP) is 4.68. The van der Waals surface area contributed by atoms with Crippen LogP contribution in [0.1, 0.15) is 23.4 Å². The van der Waals surface area contributed by atoms with E-state index >= 15 is 0 Å². The van der Waals surface area contributed by atoms with Crippen LogP contribution in [0.15, 0.2) is 83.8 Å². The number of pyridine rings is 1. The fourth-order valence-electron chi connectivity index (χ4n) is 3.71. The van der Waals surface area contributed by atoms with Gasteiger partial charge in [-0.25, -0.2) is 9.07 Å². The number of aryl methyl sites for hydroxylation is 2. The lowest BCUT2D eigenvalue weighted by Crippen LogP contribution is -2.23. The van der Waals surface area contributed by atoms with Gasteiger partial charge in [0, 0.05) is 54.7 Å². The van der Waals surface area contributed by atoms with Gasteiger partial charge in [0.2, 0.25) is 17.6 Å². The first-order valence-electron chi connectivity index (χ1n) is 11.5. The van der Waals surface area contributed by atoms with E-state index in [0.29, 0.717) is 29.4 Å². The molecule has 9 heteroatoms. The number of benzene rings is 2. The number of carbonyl (C=O) groups excluding carboxylic acids is 1. The second-order valence-electron chi connectivity index (χ2n) is 8.27. The Bertz CT molecular complexity index is 1480. The standard InChI is InChI=1S/C27H23FN6O2/c1-18-7-8-20(15-23(18)28)27-31-25(36-33-27)10-9-24(35)30-16-21-17-34(22-5-3-2-4-6-22)32-26(21)19-11-13-29-14-12-19/h2-8,11-15,17H,9-10,16H2,1H3,(H,30,35). The number of nitrogens with one attached hydrogen (secondary N) is 1. The van der Waals surface area contributed by atoms with Gasteiger partial charge in [-0.1, -0.05) is 35.5 Å². The zero-order valence-electron chi connectivity index (χ0n) is 19.6. The molecule has 1 N–H and O–H groups in total. The van der Waals surface area contributed by atoms with Crippen molar-refractivity contribution < 1.29 is 13.7 Å². The van der Waals surface area contributed by atoms with Gasteiger partial charge in [0.25, 0.3) is 0 Å². The molecule has 0 atom stereocenters. The Balaban J connectivity index is 1.24. The number of halogens is 1. The van der Waals surface area contributed by atoms with Gasteiger partial charge in [0.05, 0.1) is 11.4 Å². The van der Waals surface area contributed by atoms with E-state index in [-0.39, 0.29) is 24.6 Å². The zero-order valence-corrected chi connectivity index (χ0v) is 19.6. The van der Waals surface area contributed by atoms with Gasteiger partial charge in [-0.3, -0.25) is 9.78 Å². The molecule has 8 nitrogen and oxygen atoms in total. The number of hydrogen-bond donors (Lipinski definition) is 1. The Morgan fingerprint density at radius 3 is 2.64 bits per heavy atom. The van der Waals surface area contributed by atoms with Crippen molar-refractivity contribution >= 4 is 5.91 Å². The highest BCUT2D eigenvalue weighted by molar-refractivity contribution is 5.76. The number of carbonyl (C=O) groups is 1. The lowest BCUT2D eigenvalue weighted by atomic mass is 10.1. The summed E-state index contributed by atoms with van der Waals surface area (Å²) in [5.41, 5.74) is 4.55. The molecule has 0 saturated carbocycles. The molecule has 0 aliphatic heterocycles. The van der Waals surface area contributed by atoms with Crippen LogP contribution in [0, 0.1) is 12.7 Å². The summed E-state index contributed by atoms with van der Waals surface area (Å²) in [6.07, 6.45) is 5.77. The molecule has 1 amide bonds. The molecule has 36 heavy (non-hydrogen) atoms. The first kappa shape index (κ1) is 23.1. The summed E-state index contributed by atoms with van der Waals surface area (Å²) in [5, 5.41) is 11.6. The van der Waals surface area contributed by atoms with Crippen molar-refractivity contribution in [1.82, 2.24) is 30.2 Å². The Morgan fingerprint density at radius 2 is 1.86 bits per heavy atom. The molecule has 0 aliphatic rings. The highest BCUT2D eigenvalue weighted by Gasteiger charge is 2.15. The van der Waals surface area contributed by atoms with Crippen molar-refractivity contribution in [2.24, 2.45) is 0 Å². The average Bonchev–Trinajstić information content (AvgIpc) is 3.57. The number of nitrogens with zero attached hydrogens (tertiary/aromatic N) is 5. The van der Waals surface area contributed by atoms with Crippen LogP contribution < -0.4 is 5.32 Å². The molecule has 5 rings (SSSR count). The minimum absolute atomic E-state index is 0.163. The van der Waals surface area contributed by atoms with E-state index in [9.17, 15) is 9.18 Å². The third-order valence-electron chi connectivity index (χ3n) is 5.70. The van der Waals surface area contributed by atoms with Gasteiger partial charge < -0.3 is 9.84 Å². The molecule has 3 heterocycles. The molecule has 2 aromatic carbocycles. The van der Waals surface area contributed by atoms with Gasteiger partial charge in [-0.15, -0.1) is 0 Å². The Kier molecular flexibility index (Phi) is 6.61. The van der Waals surface area contributed by atoms with E-state index in [1.165, 1.54) is 6.07 Å². The molecule has 5 aromatic rings. The number of rotatable bonds is 8. The van der Waals surface area contributed by atoms with E-state index in [2.05, 4.69) is 20.4 Å². The summed E-state index contributed by atoms with van der Waals surface area (Å²) in [7, 11) is 0. The van der Waals surface area contributed by atoms with Crippen LogP contribution in [0.4, 0.5) is 4.39 Å². The van der Waals surface area contributed by atoms with Crippen molar-refractivity contribution in [1.29, 1.82) is 0 Å². The number of hydrogen-bond acceptors (Lipinski definition) is 6. The van der Waals surface area contributed by atoms with Gasteiger partial charge in [0.1, 0.15) is 5.82 Å². The number of para-hydroxylation sites is 1. The quantitative estimate of drug-likeness (QED) is 0.345. The third kappa shape index (κ3) is 5.20. The lowest BCUT2D eigenvalue weighted by molar-refractivity contribution is -0.121. The fourth-order valence-corrected chi connectivity index (χ4v) is 3.71. The second-order valence-corrected chi connectivity index (χ2v) is 8.27. The van der Waals surface area contributed by atoms with Crippen LogP contribution in [-0.4, -0.2) is 30.8 Å². The Morgan fingerprint density at radius 1 is 1.06 bits per heavy atom. The smallest absolute Gasteiger partial charge is 0.227 e. The van der Waals surface area contributed by atoms with Crippen LogP contribution in [0.25, 0.3) is 28.3 Å². The molecule has 0 spiro atoms. The first-order valence-corrected chi connectivity index (χ1v) is 11.5. The van der Waals surface area contributed by atoms with Crippen LogP contribution in [0.3, 0.4) is 0 Å². The van der Waals surface area contributed by atoms with Crippen molar-refractivity contribution in [3.63, 3.8) is 0 Å². The van der Waals surface area contributed by atoms with Crippen LogP contribution in [-0.2, 0) is 17.8 Å². The summed E-state index contributed by atoms with van der Waals surface area (Å²) < 4.78 is 20.9. The first-order chi connectivity index (χ1) is 17.6. The number of amides is 1. The summed E-state index contributed by atoms with van der Waals surface area (Å²) in [6, 6.07) is 18.3. The highest BCUT2D eigenvalue weighted by atomic mass is 19.1. The second kappa shape index (κ2) is 10.3. The fraction of sp³-hybridized carbons (Fsp3) is 0.148. The van der Waals surface area contributed by atoms with E-state index in [1.54, 1.807) is 36.1 Å². The Labute approximate surface area is 206 Å². The average molecular weight is 483 g/mol. The lowest BCUT2D eigenvalue weighted by Gasteiger charge is -2.05. The largest absolute Gasteiger partial charge is 0.352 e. The maximum atomic E-state index is 13.8. The molecule has 0 saturated heterocycles. The topological polar surface area (TPSA) is 98.7 Å². The van der Waals surface area contributed by atoms with E-state index in [0.717, 1.165) is 22.5 Å². The van der Waals surface area contributed by atoms with Crippen LogP contribution in [0.2, 0.25) is 0 Å². The van der Waals surface area contributed by atoms with E-state index in [1.807, 2.05) is 48.7 Å². The van der Waals surface area contributed by atoms with Crippen molar-refractivity contribution in [3.8, 4) is 28.3 Å². The molecule has 0 radical (unpaired) electrons. The maximum absolute atomic E-state index is 13.8. The monoisotopic (exact) mass is 482 g/mol. The summed E-state index contributed by atoms with van der Waals surface area (Å²) in [4.78, 5) is 21.0. The predicted molar refractivity (Wildman–Crippen MR) is 131 cm³/mol. The minimum atomic E-state index is -0.333. The zero-order chi connectivity index (χ0) is 24.9. The van der Waals surface area contributed by atoms with Gasteiger partial charge in [0.15, 0.2) is 0 Å². The molecular weight excluding hydrogens is 459 g/mol. The van der Waals surface area contributed by atoms with Crippen LogP contribution >= 0.6 is 0 Å². The van der Waals surface area contributed by atoms with Crippen molar-refractivity contribution in [3.05, 3.63) is 102 Å². The summed E-state index contributed by atoms with van der Waals surface area (Å²) in [5.74, 6) is 0.111. The molecular formula is C27H23FN6O2. The van der Waals surface area contributed by atoms with Gasteiger partial charge in [-0.2, -0.15) is 10.1 Å². The normalized spacial score (nSPS) is 10.9. The molecule has 0 unspecified atom stereocenters. The molecule has 3 aromatic heterocycles. The number of aromatic nitrogens is 5. The van der Waals surface area contributed by atoms with Crippen molar-refractivity contribution in [2.45, 2.75) is 26.3 Å².